The van der Waals surface area contributed by atoms with Crippen molar-refractivity contribution >= 4 is 11.7 Å². The molecular weight excluding hydrogens is 354 g/mol. The molecule has 142 valence electrons. The van der Waals surface area contributed by atoms with Gasteiger partial charge in [-0.15, -0.1) is 5.10 Å². The number of ketones is 1. The van der Waals surface area contributed by atoms with Crippen molar-refractivity contribution in [2.75, 3.05) is 13.1 Å². The van der Waals surface area contributed by atoms with E-state index in [0.29, 0.717) is 18.7 Å². The van der Waals surface area contributed by atoms with Crippen LogP contribution < -0.4 is 0 Å². The maximum absolute atomic E-state index is 13.0. The molecule has 2 aromatic carbocycles. The molecule has 0 aliphatic carbocycles. The number of carbonyl (C=O) groups excluding carboxylic acids is 2. The topological polar surface area (TPSA) is 81.0 Å². The molecule has 2 heterocycles. The lowest BCUT2D eigenvalue weighted by molar-refractivity contribution is -0.133. The van der Waals surface area contributed by atoms with Gasteiger partial charge in [0.15, 0.2) is 5.78 Å². The summed E-state index contributed by atoms with van der Waals surface area (Å²) in [6, 6.07) is 17.8. The van der Waals surface area contributed by atoms with E-state index in [2.05, 4.69) is 15.5 Å². The van der Waals surface area contributed by atoms with E-state index >= 15 is 0 Å². The van der Waals surface area contributed by atoms with Crippen molar-refractivity contribution < 1.29 is 9.59 Å². The molecule has 7 nitrogen and oxygen atoms in total. The summed E-state index contributed by atoms with van der Waals surface area (Å²) in [7, 11) is 0. The number of rotatable bonds is 5. The number of amides is 1. The molecule has 0 saturated carbocycles. The van der Waals surface area contributed by atoms with Crippen molar-refractivity contribution in [2.45, 2.75) is 19.4 Å². The van der Waals surface area contributed by atoms with E-state index in [1.54, 1.807) is 4.90 Å². The van der Waals surface area contributed by atoms with Gasteiger partial charge in [-0.1, -0.05) is 54.6 Å². The molecule has 1 aliphatic heterocycles. The fourth-order valence-corrected chi connectivity index (χ4v) is 3.60. The molecule has 0 spiro atoms. The van der Waals surface area contributed by atoms with E-state index in [-0.39, 0.29) is 24.2 Å². The minimum atomic E-state index is -0.172. The van der Waals surface area contributed by atoms with Gasteiger partial charge in [-0.2, -0.15) is 0 Å². The SMILES string of the molecule is O=C(c1ccc(-c2ccccc2)cc1)[C@H]1CCCN(C(=O)Cn2cnnn2)C1. The third-order valence-corrected chi connectivity index (χ3v) is 5.11. The van der Waals surface area contributed by atoms with Crippen LogP contribution >= 0.6 is 0 Å². The van der Waals surface area contributed by atoms with Crippen LogP contribution in [-0.2, 0) is 11.3 Å². The van der Waals surface area contributed by atoms with Gasteiger partial charge in [0.2, 0.25) is 5.91 Å². The first-order valence-corrected chi connectivity index (χ1v) is 9.39. The van der Waals surface area contributed by atoms with Crippen molar-refractivity contribution in [3.63, 3.8) is 0 Å². The minimum Gasteiger partial charge on any atom is -0.340 e. The minimum absolute atomic E-state index is 0.0655. The summed E-state index contributed by atoms with van der Waals surface area (Å²) >= 11 is 0. The molecule has 1 aliphatic rings. The van der Waals surface area contributed by atoms with E-state index in [0.717, 1.165) is 24.0 Å². The fourth-order valence-electron chi connectivity index (χ4n) is 3.60. The van der Waals surface area contributed by atoms with Crippen LogP contribution in [0, 0.1) is 5.92 Å². The third kappa shape index (κ3) is 3.98. The number of carbonyl (C=O) groups is 2. The highest BCUT2D eigenvalue weighted by Crippen LogP contribution is 2.24. The largest absolute Gasteiger partial charge is 0.340 e. The average Bonchev–Trinajstić information content (AvgIpc) is 3.27. The number of tetrazole rings is 1. The second kappa shape index (κ2) is 8.12. The van der Waals surface area contributed by atoms with E-state index in [9.17, 15) is 9.59 Å². The van der Waals surface area contributed by atoms with Gasteiger partial charge in [-0.25, -0.2) is 4.68 Å². The van der Waals surface area contributed by atoms with E-state index in [1.807, 2.05) is 54.6 Å². The Kier molecular flexibility index (Phi) is 5.23. The molecule has 1 atom stereocenters. The quantitative estimate of drug-likeness (QED) is 0.640. The zero-order valence-electron chi connectivity index (χ0n) is 15.4. The first-order valence-electron chi connectivity index (χ1n) is 9.39. The first kappa shape index (κ1) is 18.0. The summed E-state index contributed by atoms with van der Waals surface area (Å²) in [5.41, 5.74) is 2.90. The van der Waals surface area contributed by atoms with Crippen LogP contribution in [0.15, 0.2) is 60.9 Å². The standard InChI is InChI=1S/C21H21N5O2/c27-20(14-26-15-22-23-24-26)25-12-4-7-19(13-25)21(28)18-10-8-17(9-11-18)16-5-2-1-3-6-16/h1-3,5-6,8-11,15,19H,4,7,12-14H2/t19-/m0/s1. The number of hydrogen-bond donors (Lipinski definition) is 0. The van der Waals surface area contributed by atoms with E-state index in [4.69, 9.17) is 0 Å². The summed E-state index contributed by atoms with van der Waals surface area (Å²) in [6.45, 7) is 1.21. The number of aromatic nitrogens is 4. The summed E-state index contributed by atoms with van der Waals surface area (Å²) in [4.78, 5) is 27.2. The summed E-state index contributed by atoms with van der Waals surface area (Å²) in [5, 5.41) is 10.8. The fraction of sp³-hybridized carbons (Fsp3) is 0.286. The molecule has 1 amide bonds. The number of Topliss-reactive ketones (excluding diaryl/α,β-unsaturated/α-hetero) is 1. The maximum atomic E-state index is 13.0. The van der Waals surface area contributed by atoms with Crippen LogP contribution in [0.2, 0.25) is 0 Å². The van der Waals surface area contributed by atoms with E-state index < -0.39 is 0 Å². The Bertz CT molecular complexity index is 939. The van der Waals surface area contributed by atoms with Crippen LogP contribution in [0.1, 0.15) is 23.2 Å². The zero-order chi connectivity index (χ0) is 19.3. The van der Waals surface area contributed by atoms with Crippen LogP contribution in [0.5, 0.6) is 0 Å². The molecule has 28 heavy (non-hydrogen) atoms. The second-order valence-corrected chi connectivity index (χ2v) is 6.99. The van der Waals surface area contributed by atoms with Gasteiger partial charge in [0, 0.05) is 24.6 Å². The number of likely N-dealkylation sites (tertiary alicyclic amines) is 1. The van der Waals surface area contributed by atoms with E-state index in [1.165, 1.54) is 11.0 Å². The van der Waals surface area contributed by atoms with Gasteiger partial charge in [0.25, 0.3) is 0 Å². The van der Waals surface area contributed by atoms with Gasteiger partial charge < -0.3 is 4.90 Å². The van der Waals surface area contributed by atoms with Crippen molar-refractivity contribution in [1.82, 2.24) is 25.1 Å². The summed E-state index contributed by atoms with van der Waals surface area (Å²) in [5.74, 6) is -0.141. The Balaban J connectivity index is 1.42. The lowest BCUT2D eigenvalue weighted by Crippen LogP contribution is -2.43. The van der Waals surface area contributed by atoms with Crippen LogP contribution in [-0.4, -0.2) is 49.9 Å². The molecule has 1 fully saturated rings. The molecule has 0 bridgehead atoms. The number of nitrogens with zero attached hydrogens (tertiary/aromatic N) is 5. The summed E-state index contributed by atoms with van der Waals surface area (Å²) in [6.07, 6.45) is 3.03. The Morgan fingerprint density at radius 3 is 2.46 bits per heavy atom. The van der Waals surface area contributed by atoms with Crippen molar-refractivity contribution in [1.29, 1.82) is 0 Å². The third-order valence-electron chi connectivity index (χ3n) is 5.11. The molecule has 1 aromatic heterocycles. The van der Waals surface area contributed by atoms with Gasteiger partial charge in [0.1, 0.15) is 12.9 Å². The van der Waals surface area contributed by atoms with Gasteiger partial charge in [0.05, 0.1) is 0 Å². The van der Waals surface area contributed by atoms with Crippen molar-refractivity contribution in [3.05, 3.63) is 66.5 Å². The Morgan fingerprint density at radius 1 is 1.00 bits per heavy atom. The lowest BCUT2D eigenvalue weighted by atomic mass is 9.89. The number of benzene rings is 2. The molecule has 0 unspecified atom stereocenters. The maximum Gasteiger partial charge on any atom is 0.244 e. The van der Waals surface area contributed by atoms with Gasteiger partial charge >= 0.3 is 0 Å². The van der Waals surface area contributed by atoms with Crippen LogP contribution in [0.3, 0.4) is 0 Å². The molecule has 7 heteroatoms. The van der Waals surface area contributed by atoms with Gasteiger partial charge in [-0.05, 0) is 34.4 Å². The Morgan fingerprint density at radius 2 is 1.75 bits per heavy atom. The number of hydrogen-bond acceptors (Lipinski definition) is 5. The number of piperidine rings is 1. The van der Waals surface area contributed by atoms with Crippen molar-refractivity contribution in [2.24, 2.45) is 5.92 Å². The molecule has 1 saturated heterocycles. The predicted octanol–water partition coefficient (Wildman–Crippen LogP) is 2.46. The normalized spacial score (nSPS) is 16.7. The lowest BCUT2D eigenvalue weighted by Gasteiger charge is -2.32. The smallest absolute Gasteiger partial charge is 0.244 e. The predicted molar refractivity (Wildman–Crippen MR) is 103 cm³/mol. The highest BCUT2D eigenvalue weighted by Gasteiger charge is 2.29. The molecule has 0 radical (unpaired) electrons. The van der Waals surface area contributed by atoms with Crippen LogP contribution in [0.4, 0.5) is 0 Å². The van der Waals surface area contributed by atoms with Crippen molar-refractivity contribution in [3.8, 4) is 11.1 Å². The molecule has 3 aromatic rings. The summed E-state index contributed by atoms with van der Waals surface area (Å²) < 4.78 is 1.40. The molecule has 0 N–H and O–H groups in total. The van der Waals surface area contributed by atoms with Gasteiger partial charge in [-0.3, -0.25) is 9.59 Å². The van der Waals surface area contributed by atoms with Crippen LogP contribution in [0.25, 0.3) is 11.1 Å². The highest BCUT2D eigenvalue weighted by atomic mass is 16.2. The second-order valence-electron chi connectivity index (χ2n) is 6.99. The zero-order valence-corrected chi connectivity index (χ0v) is 15.4. The average molecular weight is 375 g/mol. The monoisotopic (exact) mass is 375 g/mol. The molecular formula is C21H21N5O2. The Hall–Kier alpha value is -3.35. The Labute approximate surface area is 163 Å². The first-order chi connectivity index (χ1) is 13.7. The highest BCUT2D eigenvalue weighted by molar-refractivity contribution is 5.98. The molecule has 4 rings (SSSR count).